The number of hydrogen-bond donors (Lipinski definition) is 3. The maximum Gasteiger partial charge on any atom is 0.331 e. The number of nitrogens with two attached hydrogens (primary N) is 1. The summed E-state index contributed by atoms with van der Waals surface area (Å²) in [5.74, 6) is 0.0444. The Kier molecular flexibility index (Phi) is 2.13. The molecule has 3 aromatic rings. The number of rotatable bonds is 1. The van der Waals surface area contributed by atoms with Gasteiger partial charge in [0.2, 0.25) is 0 Å². The molecular formula is C13H11N3O2. The summed E-state index contributed by atoms with van der Waals surface area (Å²) < 4.78 is 1.40. The number of nitrogen functional groups attached to an aromatic ring is 1. The fourth-order valence-electron chi connectivity index (χ4n) is 2.01. The van der Waals surface area contributed by atoms with E-state index in [1.54, 1.807) is 36.4 Å². The second kappa shape index (κ2) is 3.66. The third kappa shape index (κ3) is 1.45. The number of nitrogens with zero attached hydrogens (tertiary/aromatic N) is 1. The maximum atomic E-state index is 12.0. The van der Waals surface area contributed by atoms with Gasteiger partial charge in [-0.25, -0.2) is 4.79 Å². The van der Waals surface area contributed by atoms with Crippen molar-refractivity contribution in [2.75, 3.05) is 5.73 Å². The minimum Gasteiger partial charge on any atom is -0.506 e. The van der Waals surface area contributed by atoms with Gasteiger partial charge in [0.15, 0.2) is 0 Å². The maximum absolute atomic E-state index is 12.0. The molecule has 0 bridgehead atoms. The van der Waals surface area contributed by atoms with E-state index in [2.05, 4.69) is 4.98 Å². The van der Waals surface area contributed by atoms with Gasteiger partial charge in [-0.3, -0.25) is 4.57 Å². The van der Waals surface area contributed by atoms with Crippen molar-refractivity contribution in [3.63, 3.8) is 0 Å². The highest BCUT2D eigenvalue weighted by molar-refractivity contribution is 5.81. The first kappa shape index (κ1) is 10.5. The number of phenols is 1. The number of imidazole rings is 1. The van der Waals surface area contributed by atoms with Crippen LogP contribution in [0.15, 0.2) is 47.3 Å². The first-order valence-corrected chi connectivity index (χ1v) is 5.45. The van der Waals surface area contributed by atoms with Crippen molar-refractivity contribution in [1.29, 1.82) is 0 Å². The van der Waals surface area contributed by atoms with Crippen molar-refractivity contribution in [2.24, 2.45) is 0 Å². The number of aromatic nitrogens is 2. The van der Waals surface area contributed by atoms with Crippen molar-refractivity contribution in [3.05, 3.63) is 52.9 Å². The number of aromatic amines is 1. The number of anilines is 1. The van der Waals surface area contributed by atoms with E-state index in [0.29, 0.717) is 22.4 Å². The highest BCUT2D eigenvalue weighted by Crippen LogP contribution is 2.24. The van der Waals surface area contributed by atoms with Gasteiger partial charge < -0.3 is 15.8 Å². The monoisotopic (exact) mass is 241 g/mol. The van der Waals surface area contributed by atoms with Crippen molar-refractivity contribution in [3.8, 4) is 11.4 Å². The van der Waals surface area contributed by atoms with Crippen LogP contribution in [0.1, 0.15) is 0 Å². The van der Waals surface area contributed by atoms with E-state index in [0.717, 1.165) is 0 Å². The largest absolute Gasteiger partial charge is 0.506 e. The molecule has 1 aromatic heterocycles. The van der Waals surface area contributed by atoms with Gasteiger partial charge in [0.1, 0.15) is 5.75 Å². The second-order valence-electron chi connectivity index (χ2n) is 4.03. The van der Waals surface area contributed by atoms with E-state index in [1.165, 1.54) is 10.6 Å². The lowest BCUT2D eigenvalue weighted by Gasteiger charge is -2.05. The zero-order valence-electron chi connectivity index (χ0n) is 9.42. The molecule has 0 aliphatic heterocycles. The Morgan fingerprint density at radius 3 is 2.72 bits per heavy atom. The quantitative estimate of drug-likeness (QED) is 0.566. The van der Waals surface area contributed by atoms with Gasteiger partial charge in [0.25, 0.3) is 0 Å². The van der Waals surface area contributed by atoms with Crippen LogP contribution in [0.2, 0.25) is 0 Å². The van der Waals surface area contributed by atoms with E-state index < -0.39 is 0 Å². The molecule has 0 saturated heterocycles. The number of para-hydroxylation sites is 2. The summed E-state index contributed by atoms with van der Waals surface area (Å²) in [6.45, 7) is 0. The molecule has 0 unspecified atom stereocenters. The average molecular weight is 241 g/mol. The number of H-pyrrole nitrogens is 1. The lowest BCUT2D eigenvalue weighted by molar-refractivity contribution is 0.472. The minimum atomic E-state index is -0.308. The Balaban J connectivity index is 2.42. The van der Waals surface area contributed by atoms with E-state index in [1.807, 2.05) is 0 Å². The molecule has 18 heavy (non-hydrogen) atoms. The van der Waals surface area contributed by atoms with Gasteiger partial charge >= 0.3 is 5.69 Å². The van der Waals surface area contributed by atoms with Crippen LogP contribution < -0.4 is 11.4 Å². The minimum absolute atomic E-state index is 0.0444. The van der Waals surface area contributed by atoms with Crippen molar-refractivity contribution < 1.29 is 5.11 Å². The zero-order valence-corrected chi connectivity index (χ0v) is 9.42. The molecule has 0 saturated carbocycles. The molecule has 5 heteroatoms. The van der Waals surface area contributed by atoms with Crippen LogP contribution >= 0.6 is 0 Å². The molecule has 0 aliphatic rings. The number of hydrogen-bond acceptors (Lipinski definition) is 3. The molecule has 1 heterocycles. The molecule has 0 radical (unpaired) electrons. The first-order valence-electron chi connectivity index (χ1n) is 5.45. The predicted octanol–water partition coefficient (Wildman–Crippen LogP) is 1.61. The van der Waals surface area contributed by atoms with E-state index in [4.69, 9.17) is 5.73 Å². The zero-order chi connectivity index (χ0) is 12.7. The van der Waals surface area contributed by atoms with Gasteiger partial charge in [-0.1, -0.05) is 12.1 Å². The Morgan fingerprint density at radius 2 is 1.94 bits per heavy atom. The summed E-state index contributed by atoms with van der Waals surface area (Å²) in [6, 6.07) is 11.8. The summed E-state index contributed by atoms with van der Waals surface area (Å²) >= 11 is 0. The lowest BCUT2D eigenvalue weighted by Crippen LogP contribution is -2.14. The third-order valence-electron chi connectivity index (χ3n) is 2.83. The molecule has 90 valence electrons. The van der Waals surface area contributed by atoms with Gasteiger partial charge in [-0.2, -0.15) is 0 Å². The molecule has 0 atom stereocenters. The van der Waals surface area contributed by atoms with Crippen LogP contribution in [0.5, 0.6) is 5.75 Å². The summed E-state index contributed by atoms with van der Waals surface area (Å²) in [7, 11) is 0. The summed E-state index contributed by atoms with van der Waals surface area (Å²) in [6.07, 6.45) is 0. The third-order valence-corrected chi connectivity index (χ3v) is 2.83. The van der Waals surface area contributed by atoms with Gasteiger partial charge in [-0.05, 0) is 30.3 Å². The number of aromatic hydroxyl groups is 1. The van der Waals surface area contributed by atoms with Crippen molar-refractivity contribution in [2.45, 2.75) is 0 Å². The van der Waals surface area contributed by atoms with Gasteiger partial charge in [0.05, 0.1) is 16.7 Å². The fourth-order valence-corrected chi connectivity index (χ4v) is 2.01. The molecule has 0 aliphatic carbocycles. The highest BCUT2D eigenvalue weighted by Gasteiger charge is 2.11. The number of fused-ring (bicyclic) bond motifs is 1. The fraction of sp³-hybridized carbons (Fsp3) is 0. The smallest absolute Gasteiger partial charge is 0.331 e. The molecule has 4 N–H and O–H groups in total. The molecule has 0 spiro atoms. The topological polar surface area (TPSA) is 84.0 Å². The first-order chi connectivity index (χ1) is 8.66. The highest BCUT2D eigenvalue weighted by atomic mass is 16.3. The van der Waals surface area contributed by atoms with E-state index in [9.17, 15) is 9.90 Å². The number of benzene rings is 2. The van der Waals surface area contributed by atoms with Crippen molar-refractivity contribution >= 4 is 16.7 Å². The normalized spacial score (nSPS) is 10.9. The molecular weight excluding hydrogens is 230 g/mol. The van der Waals surface area contributed by atoms with E-state index in [-0.39, 0.29) is 11.4 Å². The van der Waals surface area contributed by atoms with Crippen LogP contribution in [0.4, 0.5) is 5.69 Å². The molecule has 3 rings (SSSR count). The van der Waals surface area contributed by atoms with Crippen LogP contribution in [0.3, 0.4) is 0 Å². The predicted molar refractivity (Wildman–Crippen MR) is 70.0 cm³/mol. The van der Waals surface area contributed by atoms with Gasteiger partial charge in [0, 0.05) is 5.69 Å². The molecule has 0 fully saturated rings. The standard InChI is InChI=1S/C13H11N3O2/c14-8-5-6-9-11(7-8)16(13(18)15-9)10-3-1-2-4-12(10)17/h1-7,17H,14H2,(H,15,18). The Labute approximate surface area is 102 Å². The molecule has 5 nitrogen and oxygen atoms in total. The molecule has 0 amide bonds. The summed E-state index contributed by atoms with van der Waals surface area (Å²) in [4.78, 5) is 14.7. The summed E-state index contributed by atoms with van der Waals surface area (Å²) in [5, 5.41) is 9.83. The second-order valence-corrected chi connectivity index (χ2v) is 4.03. The average Bonchev–Trinajstić information content (AvgIpc) is 2.66. The van der Waals surface area contributed by atoms with Crippen LogP contribution in [-0.4, -0.2) is 14.7 Å². The lowest BCUT2D eigenvalue weighted by atomic mass is 10.2. The Bertz CT molecular complexity index is 786. The SMILES string of the molecule is Nc1ccc2[nH]c(=O)n(-c3ccccc3O)c2c1. The van der Waals surface area contributed by atoms with Crippen LogP contribution in [-0.2, 0) is 0 Å². The molecule has 2 aromatic carbocycles. The van der Waals surface area contributed by atoms with Crippen LogP contribution in [0.25, 0.3) is 16.7 Å². The summed E-state index contributed by atoms with van der Waals surface area (Å²) in [5.41, 5.74) is 7.73. The van der Waals surface area contributed by atoms with Crippen molar-refractivity contribution in [1.82, 2.24) is 9.55 Å². The van der Waals surface area contributed by atoms with Crippen LogP contribution in [0, 0.1) is 0 Å². The Hall–Kier alpha value is -2.69. The number of nitrogens with one attached hydrogen (secondary N) is 1. The van der Waals surface area contributed by atoms with E-state index >= 15 is 0 Å². The van der Waals surface area contributed by atoms with Gasteiger partial charge in [-0.15, -0.1) is 0 Å². The Morgan fingerprint density at radius 1 is 1.17 bits per heavy atom. The number of phenolic OH excluding ortho intramolecular Hbond substituents is 1.